The van der Waals surface area contributed by atoms with Gasteiger partial charge in [-0.2, -0.15) is 0 Å². The maximum Gasteiger partial charge on any atom is 0.287 e. The number of amides is 1. The summed E-state index contributed by atoms with van der Waals surface area (Å²) in [5, 5.41) is 7.97. The molecule has 7 heteroatoms. The molecule has 0 bridgehead atoms. The highest BCUT2D eigenvalue weighted by molar-refractivity contribution is 6.31. The fraction of sp³-hybridized carbons (Fsp3) is 0.571. The van der Waals surface area contributed by atoms with Crippen LogP contribution in [-0.4, -0.2) is 30.5 Å². The van der Waals surface area contributed by atoms with Crippen LogP contribution in [-0.2, 0) is 0 Å². The summed E-state index contributed by atoms with van der Waals surface area (Å²) in [4.78, 5) is 12.5. The average molecular weight is 411 g/mol. The summed E-state index contributed by atoms with van der Waals surface area (Å²) in [6.45, 7) is 0.783. The lowest BCUT2D eigenvalue weighted by Gasteiger charge is -2.29. The number of carbonyl (C=O) groups excluding carboxylic acids is 1. The molecule has 0 saturated heterocycles. The molecule has 28 heavy (non-hydrogen) atoms. The minimum atomic E-state index is -2.47. The lowest BCUT2D eigenvalue weighted by molar-refractivity contribution is -0.0456. The van der Waals surface area contributed by atoms with Crippen LogP contribution in [0.15, 0.2) is 28.7 Å². The van der Waals surface area contributed by atoms with Gasteiger partial charge < -0.3 is 15.1 Å². The van der Waals surface area contributed by atoms with Gasteiger partial charge in [0, 0.05) is 35.3 Å². The van der Waals surface area contributed by atoms with Gasteiger partial charge in [0.15, 0.2) is 5.76 Å². The Bertz CT molecular complexity index is 844. The Morgan fingerprint density at radius 3 is 2.68 bits per heavy atom. The number of halogens is 3. The Morgan fingerprint density at radius 1 is 1.14 bits per heavy atom. The van der Waals surface area contributed by atoms with Crippen molar-refractivity contribution >= 4 is 28.5 Å². The van der Waals surface area contributed by atoms with Gasteiger partial charge in [-0.1, -0.05) is 11.6 Å². The van der Waals surface area contributed by atoms with Crippen LogP contribution in [0, 0.1) is 5.92 Å². The first kappa shape index (κ1) is 19.6. The second-order valence-electron chi connectivity index (χ2n) is 8.18. The molecular weight excluding hydrogens is 386 g/mol. The molecule has 2 N–H and O–H groups in total. The number of nitrogens with one attached hydrogen (secondary N) is 2. The van der Waals surface area contributed by atoms with E-state index in [2.05, 4.69) is 10.6 Å². The van der Waals surface area contributed by atoms with Crippen molar-refractivity contribution in [3.8, 4) is 0 Å². The molecule has 2 atom stereocenters. The van der Waals surface area contributed by atoms with Gasteiger partial charge in [0.25, 0.3) is 5.91 Å². The number of carbonyl (C=O) groups is 1. The number of furan rings is 1. The molecule has 0 unspecified atom stereocenters. The molecule has 2 aliphatic carbocycles. The van der Waals surface area contributed by atoms with E-state index in [0.29, 0.717) is 35.4 Å². The van der Waals surface area contributed by atoms with E-state index < -0.39 is 5.92 Å². The Hall–Kier alpha value is -1.66. The van der Waals surface area contributed by atoms with Crippen molar-refractivity contribution in [1.82, 2.24) is 10.6 Å². The Kier molecular flexibility index (Phi) is 5.61. The van der Waals surface area contributed by atoms with E-state index in [-0.39, 0.29) is 30.6 Å². The van der Waals surface area contributed by atoms with E-state index >= 15 is 0 Å². The minimum Gasteiger partial charge on any atom is -0.451 e. The number of fused-ring (bicyclic) bond motifs is 1. The summed E-state index contributed by atoms with van der Waals surface area (Å²) in [6.07, 6.45) is 3.91. The van der Waals surface area contributed by atoms with Gasteiger partial charge in [0.1, 0.15) is 5.58 Å². The number of hydrogen-bond acceptors (Lipinski definition) is 3. The van der Waals surface area contributed by atoms with Gasteiger partial charge >= 0.3 is 0 Å². The highest BCUT2D eigenvalue weighted by atomic mass is 35.5. The van der Waals surface area contributed by atoms with Crippen molar-refractivity contribution in [1.29, 1.82) is 0 Å². The molecule has 2 aliphatic rings. The molecule has 0 radical (unpaired) electrons. The molecule has 0 aliphatic heterocycles. The maximum absolute atomic E-state index is 13.2. The Labute approximate surface area is 168 Å². The molecule has 2 saturated carbocycles. The van der Waals surface area contributed by atoms with Crippen molar-refractivity contribution in [3.63, 3.8) is 0 Å². The molecule has 1 heterocycles. The predicted octanol–water partition coefficient (Wildman–Crippen LogP) is 5.15. The van der Waals surface area contributed by atoms with Crippen LogP contribution < -0.4 is 10.6 Å². The normalized spacial score (nSPS) is 25.2. The van der Waals surface area contributed by atoms with Crippen LogP contribution in [0.2, 0.25) is 5.02 Å². The molecule has 4 rings (SSSR count). The maximum atomic E-state index is 13.2. The van der Waals surface area contributed by atoms with Crippen LogP contribution in [0.4, 0.5) is 8.78 Å². The van der Waals surface area contributed by atoms with Crippen molar-refractivity contribution in [2.75, 3.05) is 6.54 Å². The van der Waals surface area contributed by atoms with Crippen molar-refractivity contribution in [3.05, 3.63) is 35.0 Å². The molecule has 1 aromatic carbocycles. The zero-order valence-corrected chi connectivity index (χ0v) is 16.4. The van der Waals surface area contributed by atoms with Crippen LogP contribution >= 0.6 is 11.6 Å². The van der Waals surface area contributed by atoms with Crippen LogP contribution in [0.5, 0.6) is 0 Å². The summed E-state index contributed by atoms with van der Waals surface area (Å²) in [6, 6.07) is 7.38. The molecule has 4 nitrogen and oxygen atoms in total. The highest BCUT2D eigenvalue weighted by Gasteiger charge is 2.35. The molecule has 0 spiro atoms. The van der Waals surface area contributed by atoms with Gasteiger partial charge in [-0.3, -0.25) is 4.79 Å². The van der Waals surface area contributed by atoms with Gasteiger partial charge in [-0.15, -0.1) is 0 Å². The van der Waals surface area contributed by atoms with Crippen molar-refractivity contribution in [2.45, 2.75) is 63.0 Å². The first-order chi connectivity index (χ1) is 13.4. The van der Waals surface area contributed by atoms with Crippen molar-refractivity contribution < 1.29 is 18.0 Å². The van der Waals surface area contributed by atoms with E-state index in [4.69, 9.17) is 16.0 Å². The predicted molar refractivity (Wildman–Crippen MR) is 105 cm³/mol. The van der Waals surface area contributed by atoms with Gasteiger partial charge in [-0.25, -0.2) is 8.78 Å². The molecule has 1 aromatic heterocycles. The minimum absolute atomic E-state index is 0.00537. The van der Waals surface area contributed by atoms with Gasteiger partial charge in [0.2, 0.25) is 5.92 Å². The fourth-order valence-corrected chi connectivity index (χ4v) is 4.50. The van der Waals surface area contributed by atoms with E-state index in [9.17, 15) is 13.6 Å². The third kappa shape index (κ3) is 4.66. The third-order valence-electron chi connectivity index (χ3n) is 6.00. The first-order valence-corrected chi connectivity index (χ1v) is 10.4. The Balaban J connectivity index is 1.24. The highest BCUT2D eigenvalue weighted by Crippen LogP contribution is 2.36. The number of hydrogen-bond donors (Lipinski definition) is 2. The largest absolute Gasteiger partial charge is 0.451 e. The quantitative estimate of drug-likeness (QED) is 0.716. The zero-order chi connectivity index (χ0) is 19.7. The molecule has 2 aromatic rings. The second-order valence-corrected chi connectivity index (χ2v) is 8.62. The fourth-order valence-electron chi connectivity index (χ4n) is 4.32. The average Bonchev–Trinajstić information content (AvgIpc) is 3.27. The lowest BCUT2D eigenvalue weighted by Crippen LogP contribution is -2.37. The van der Waals surface area contributed by atoms with E-state index in [0.717, 1.165) is 31.2 Å². The standard InChI is InChI=1S/C21H25ClF2N2O2/c22-15-1-4-18-14(9-15)10-19(28-18)20(27)26-17-3-2-16(11-17)25-12-13-5-7-21(23,24)8-6-13/h1,4,9-10,13,16-17,25H,2-3,5-8,11-12H2,(H,26,27)/t16-,17-/m0/s1. The summed E-state index contributed by atoms with van der Waals surface area (Å²) >= 11 is 5.97. The summed E-state index contributed by atoms with van der Waals surface area (Å²) in [5.74, 6) is -2.07. The third-order valence-corrected chi connectivity index (χ3v) is 6.24. The lowest BCUT2D eigenvalue weighted by atomic mass is 9.86. The number of benzene rings is 1. The molecular formula is C21H25ClF2N2O2. The summed E-state index contributed by atoms with van der Waals surface area (Å²) in [5.41, 5.74) is 0.638. The van der Waals surface area contributed by atoms with Crippen LogP contribution in [0.3, 0.4) is 0 Å². The van der Waals surface area contributed by atoms with E-state index in [1.54, 1.807) is 24.3 Å². The summed E-state index contributed by atoms with van der Waals surface area (Å²) in [7, 11) is 0. The SMILES string of the molecule is O=C(N[C@H]1CC[C@H](NCC2CCC(F)(F)CC2)C1)c1cc2cc(Cl)ccc2o1. The first-order valence-electron chi connectivity index (χ1n) is 9.99. The zero-order valence-electron chi connectivity index (χ0n) is 15.6. The number of alkyl halides is 2. The molecule has 2 fully saturated rings. The number of rotatable bonds is 5. The topological polar surface area (TPSA) is 54.3 Å². The van der Waals surface area contributed by atoms with Crippen molar-refractivity contribution in [2.24, 2.45) is 5.92 Å². The smallest absolute Gasteiger partial charge is 0.287 e. The second kappa shape index (κ2) is 7.99. The van der Waals surface area contributed by atoms with E-state index in [1.165, 1.54) is 0 Å². The summed E-state index contributed by atoms with van der Waals surface area (Å²) < 4.78 is 32.1. The van der Waals surface area contributed by atoms with Crippen LogP contribution in [0.1, 0.15) is 55.5 Å². The monoisotopic (exact) mass is 410 g/mol. The Morgan fingerprint density at radius 2 is 1.89 bits per heavy atom. The van der Waals surface area contributed by atoms with Gasteiger partial charge in [0.05, 0.1) is 0 Å². The molecule has 152 valence electrons. The van der Waals surface area contributed by atoms with Crippen LogP contribution in [0.25, 0.3) is 11.0 Å². The van der Waals surface area contributed by atoms with Gasteiger partial charge in [-0.05, 0) is 68.8 Å². The van der Waals surface area contributed by atoms with E-state index in [1.807, 2.05) is 0 Å². The molecule has 1 amide bonds.